The molecule has 1 aliphatic carbocycles. The Morgan fingerprint density at radius 2 is 1.91 bits per heavy atom. The van der Waals surface area contributed by atoms with Gasteiger partial charge in [0.1, 0.15) is 0 Å². The fraction of sp³-hybridized carbons (Fsp3) is 1.00. The monoisotopic (exact) mass is 153 g/mol. The summed E-state index contributed by atoms with van der Waals surface area (Å²) in [7, 11) is 0. The third-order valence-corrected chi connectivity index (χ3v) is 3.36. The smallest absolute Gasteiger partial charge is 0.0122 e. The molecule has 64 valence electrons. The van der Waals surface area contributed by atoms with Crippen molar-refractivity contribution in [3.8, 4) is 0 Å². The molecule has 0 aromatic rings. The van der Waals surface area contributed by atoms with Gasteiger partial charge in [-0.25, -0.2) is 0 Å². The number of hydrogen-bond acceptors (Lipinski definition) is 1. The van der Waals surface area contributed by atoms with Gasteiger partial charge in [-0.2, -0.15) is 0 Å². The second kappa shape index (κ2) is 2.01. The molecule has 1 spiro atoms. The van der Waals surface area contributed by atoms with Crippen molar-refractivity contribution in [2.75, 3.05) is 6.54 Å². The average molecular weight is 153 g/mol. The summed E-state index contributed by atoms with van der Waals surface area (Å²) in [6, 6.07) is 0.769. The van der Waals surface area contributed by atoms with E-state index in [2.05, 4.69) is 26.1 Å². The van der Waals surface area contributed by atoms with Gasteiger partial charge in [0.25, 0.3) is 0 Å². The lowest BCUT2D eigenvalue weighted by atomic mass is 9.84. The molecule has 2 aliphatic rings. The van der Waals surface area contributed by atoms with Crippen molar-refractivity contribution in [1.29, 1.82) is 0 Å². The third-order valence-electron chi connectivity index (χ3n) is 3.36. The largest absolute Gasteiger partial charge is 0.313 e. The van der Waals surface area contributed by atoms with Crippen molar-refractivity contribution in [2.45, 2.75) is 46.1 Å². The van der Waals surface area contributed by atoms with Crippen molar-refractivity contribution in [2.24, 2.45) is 10.8 Å². The molecule has 2 rings (SSSR count). The Hall–Kier alpha value is -0.0400. The summed E-state index contributed by atoms with van der Waals surface area (Å²) >= 11 is 0. The van der Waals surface area contributed by atoms with E-state index in [4.69, 9.17) is 0 Å². The van der Waals surface area contributed by atoms with Gasteiger partial charge < -0.3 is 5.32 Å². The Morgan fingerprint density at radius 3 is 2.18 bits per heavy atom. The van der Waals surface area contributed by atoms with E-state index in [1.165, 1.54) is 25.8 Å². The van der Waals surface area contributed by atoms with E-state index < -0.39 is 0 Å². The maximum Gasteiger partial charge on any atom is 0.0122 e. The first-order valence-electron chi connectivity index (χ1n) is 4.75. The highest BCUT2D eigenvalue weighted by Crippen LogP contribution is 2.53. The zero-order valence-corrected chi connectivity index (χ0v) is 7.91. The molecule has 1 N–H and O–H groups in total. The molecule has 1 heterocycles. The number of hydrogen-bond donors (Lipinski definition) is 1. The lowest BCUT2D eigenvalue weighted by Crippen LogP contribution is -2.34. The summed E-state index contributed by atoms with van der Waals surface area (Å²) in [4.78, 5) is 0. The highest BCUT2D eigenvalue weighted by Gasteiger charge is 2.50. The quantitative estimate of drug-likeness (QED) is 0.562. The molecule has 0 aromatic heterocycles. The highest BCUT2D eigenvalue weighted by molar-refractivity contribution is 5.05. The van der Waals surface area contributed by atoms with Crippen molar-refractivity contribution in [3.05, 3.63) is 0 Å². The predicted octanol–water partition coefficient (Wildman–Crippen LogP) is 2.17. The van der Waals surface area contributed by atoms with Gasteiger partial charge in [0.05, 0.1) is 0 Å². The first-order chi connectivity index (χ1) is 5.02. The molecule has 0 amide bonds. The van der Waals surface area contributed by atoms with Gasteiger partial charge >= 0.3 is 0 Å². The van der Waals surface area contributed by atoms with Crippen LogP contribution in [-0.2, 0) is 0 Å². The summed E-state index contributed by atoms with van der Waals surface area (Å²) in [6.45, 7) is 8.30. The van der Waals surface area contributed by atoms with E-state index in [-0.39, 0.29) is 0 Å². The zero-order valence-electron chi connectivity index (χ0n) is 7.91. The Labute approximate surface area is 69.6 Å². The molecule has 1 atom stereocenters. The summed E-state index contributed by atoms with van der Waals surface area (Å²) < 4.78 is 0. The van der Waals surface area contributed by atoms with E-state index in [0.29, 0.717) is 5.41 Å². The molecular weight excluding hydrogens is 134 g/mol. The zero-order chi connectivity index (χ0) is 8.11. The Bertz CT molecular complexity index is 162. The molecule has 1 saturated carbocycles. The van der Waals surface area contributed by atoms with Crippen LogP contribution in [0.5, 0.6) is 0 Å². The highest BCUT2D eigenvalue weighted by atomic mass is 15.0. The van der Waals surface area contributed by atoms with Gasteiger partial charge in [0, 0.05) is 12.6 Å². The van der Waals surface area contributed by atoms with Gasteiger partial charge in [-0.3, -0.25) is 0 Å². The maximum absolute atomic E-state index is 3.65. The van der Waals surface area contributed by atoms with E-state index in [9.17, 15) is 0 Å². The fourth-order valence-electron chi connectivity index (χ4n) is 2.09. The van der Waals surface area contributed by atoms with Crippen molar-refractivity contribution in [1.82, 2.24) is 5.32 Å². The van der Waals surface area contributed by atoms with Crippen LogP contribution in [-0.4, -0.2) is 12.6 Å². The molecule has 1 unspecified atom stereocenters. The average Bonchev–Trinajstić information content (AvgIpc) is 2.38. The Morgan fingerprint density at radius 1 is 1.27 bits per heavy atom. The topological polar surface area (TPSA) is 12.0 Å². The normalized spacial score (nSPS) is 34.6. The van der Waals surface area contributed by atoms with Crippen LogP contribution in [0.1, 0.15) is 40.0 Å². The summed E-state index contributed by atoms with van der Waals surface area (Å²) in [5.74, 6) is 0. The van der Waals surface area contributed by atoms with Crippen molar-refractivity contribution in [3.63, 3.8) is 0 Å². The molecule has 0 aromatic carbocycles. The summed E-state index contributed by atoms with van der Waals surface area (Å²) in [5.41, 5.74) is 1.23. The minimum Gasteiger partial charge on any atom is -0.313 e. The standard InChI is InChI=1S/C10H19N/c1-9(2,3)8-6-10(4-5-10)7-11-8/h8,11H,4-7H2,1-3H3. The van der Waals surface area contributed by atoms with Gasteiger partial charge in [-0.15, -0.1) is 0 Å². The van der Waals surface area contributed by atoms with Crippen LogP contribution in [0, 0.1) is 10.8 Å². The molecule has 1 heteroatoms. The first-order valence-corrected chi connectivity index (χ1v) is 4.75. The molecule has 11 heavy (non-hydrogen) atoms. The lowest BCUT2D eigenvalue weighted by molar-refractivity contribution is 0.288. The van der Waals surface area contributed by atoms with Crippen molar-refractivity contribution >= 4 is 0 Å². The fourth-order valence-corrected chi connectivity index (χ4v) is 2.09. The molecule has 0 bridgehead atoms. The Balaban J connectivity index is 1.99. The van der Waals surface area contributed by atoms with Gasteiger partial charge in [-0.1, -0.05) is 20.8 Å². The van der Waals surface area contributed by atoms with Crippen LogP contribution >= 0.6 is 0 Å². The molecule has 1 saturated heterocycles. The van der Waals surface area contributed by atoms with E-state index >= 15 is 0 Å². The maximum atomic E-state index is 3.65. The van der Waals surface area contributed by atoms with Gasteiger partial charge in [-0.05, 0) is 30.1 Å². The minimum absolute atomic E-state index is 0.464. The predicted molar refractivity (Wildman–Crippen MR) is 47.5 cm³/mol. The van der Waals surface area contributed by atoms with Gasteiger partial charge in [0.2, 0.25) is 0 Å². The molecule has 1 aliphatic heterocycles. The van der Waals surface area contributed by atoms with E-state index in [1.54, 1.807) is 0 Å². The summed E-state index contributed by atoms with van der Waals surface area (Å²) in [6.07, 6.45) is 4.38. The molecule has 0 radical (unpaired) electrons. The van der Waals surface area contributed by atoms with E-state index in [1.807, 2.05) is 0 Å². The van der Waals surface area contributed by atoms with Crippen LogP contribution in [0.3, 0.4) is 0 Å². The second-order valence-electron chi connectivity index (χ2n) is 5.50. The lowest BCUT2D eigenvalue weighted by Gasteiger charge is -2.27. The van der Waals surface area contributed by atoms with Crippen LogP contribution in [0.15, 0.2) is 0 Å². The molecule has 1 nitrogen and oxygen atoms in total. The van der Waals surface area contributed by atoms with Crippen LogP contribution in [0.25, 0.3) is 0 Å². The SMILES string of the molecule is CC(C)(C)C1CC2(CC2)CN1. The first kappa shape index (κ1) is 7.60. The number of rotatable bonds is 0. The van der Waals surface area contributed by atoms with E-state index in [0.717, 1.165) is 11.5 Å². The van der Waals surface area contributed by atoms with Gasteiger partial charge in [0.15, 0.2) is 0 Å². The molecule has 2 fully saturated rings. The van der Waals surface area contributed by atoms with Crippen LogP contribution in [0.2, 0.25) is 0 Å². The second-order valence-corrected chi connectivity index (χ2v) is 5.50. The van der Waals surface area contributed by atoms with Crippen molar-refractivity contribution < 1.29 is 0 Å². The summed E-state index contributed by atoms with van der Waals surface area (Å²) in [5, 5.41) is 3.65. The molecular formula is C10H19N. The third kappa shape index (κ3) is 1.31. The Kier molecular flexibility index (Phi) is 1.39. The van der Waals surface area contributed by atoms with Crippen LogP contribution < -0.4 is 5.32 Å². The number of nitrogens with one attached hydrogen (secondary N) is 1. The van der Waals surface area contributed by atoms with Crippen LogP contribution in [0.4, 0.5) is 0 Å². The minimum atomic E-state index is 0.464.